The van der Waals surface area contributed by atoms with E-state index < -0.39 is 12.0 Å². The van der Waals surface area contributed by atoms with Crippen molar-refractivity contribution in [3.63, 3.8) is 0 Å². The first-order valence-electron chi connectivity index (χ1n) is 6.27. The predicted molar refractivity (Wildman–Crippen MR) is 74.9 cm³/mol. The summed E-state index contributed by atoms with van der Waals surface area (Å²) >= 11 is 0. The Balaban J connectivity index is 3.09. The van der Waals surface area contributed by atoms with Gasteiger partial charge in [0, 0.05) is 12.1 Å². The minimum Gasteiger partial charge on any atom is -0.449 e. The Morgan fingerprint density at radius 3 is 2.60 bits per heavy atom. The van der Waals surface area contributed by atoms with E-state index in [4.69, 9.17) is 4.74 Å². The summed E-state index contributed by atoms with van der Waals surface area (Å²) < 4.78 is 4.84. The lowest BCUT2D eigenvalue weighted by Gasteiger charge is -2.19. The van der Waals surface area contributed by atoms with E-state index >= 15 is 0 Å². The standard InChI is InChI=1S/C15H16NO4/c1-3-16(15(19)20-4-2)14(18)13-10-6-5-8-12(13)9-7-11-17/h5-10H,3-4H2,1-2H3/b9-7+. The molecule has 1 radical (unpaired) electrons. The summed E-state index contributed by atoms with van der Waals surface area (Å²) in [6.07, 6.45) is 3.59. The topological polar surface area (TPSA) is 63.7 Å². The highest BCUT2D eigenvalue weighted by atomic mass is 16.6. The molecule has 0 aromatic heterocycles. The molecule has 0 fully saturated rings. The van der Waals surface area contributed by atoms with E-state index in [2.05, 4.69) is 0 Å². The van der Waals surface area contributed by atoms with Crippen molar-refractivity contribution in [2.24, 2.45) is 0 Å². The van der Waals surface area contributed by atoms with Gasteiger partial charge in [0.1, 0.15) is 0 Å². The number of nitrogens with zero attached hydrogens (tertiary/aromatic N) is 1. The quantitative estimate of drug-likeness (QED) is 0.773. The number of ether oxygens (including phenoxy) is 1. The molecule has 1 rings (SSSR count). The normalized spacial score (nSPS) is 10.3. The molecule has 2 amide bonds. The van der Waals surface area contributed by atoms with Crippen molar-refractivity contribution in [2.75, 3.05) is 13.2 Å². The number of hydrogen-bond donors (Lipinski definition) is 0. The average molecular weight is 274 g/mol. The van der Waals surface area contributed by atoms with Crippen molar-refractivity contribution in [3.05, 3.63) is 41.5 Å². The fraction of sp³-hybridized carbons (Fsp3) is 0.267. The summed E-state index contributed by atoms with van der Waals surface area (Å²) in [5, 5.41) is 0. The fourth-order valence-electron chi connectivity index (χ4n) is 1.66. The summed E-state index contributed by atoms with van der Waals surface area (Å²) in [4.78, 5) is 35.4. The molecule has 0 spiro atoms. The van der Waals surface area contributed by atoms with Crippen molar-refractivity contribution in [1.29, 1.82) is 0 Å². The summed E-state index contributed by atoms with van der Waals surface area (Å²) in [6.45, 7) is 3.76. The van der Waals surface area contributed by atoms with Gasteiger partial charge in [-0.1, -0.05) is 24.3 Å². The average Bonchev–Trinajstić information content (AvgIpc) is 2.46. The first kappa shape index (κ1) is 15.6. The van der Waals surface area contributed by atoms with E-state index in [0.717, 1.165) is 4.90 Å². The lowest BCUT2D eigenvalue weighted by molar-refractivity contribution is 0.0683. The minimum atomic E-state index is -0.680. The Kier molecular flexibility index (Phi) is 6.16. The van der Waals surface area contributed by atoms with Crippen molar-refractivity contribution >= 4 is 24.4 Å². The molecule has 1 aromatic rings. The smallest absolute Gasteiger partial charge is 0.416 e. The van der Waals surface area contributed by atoms with Crippen LogP contribution in [0.25, 0.3) is 6.08 Å². The molecule has 0 aliphatic carbocycles. The molecule has 0 saturated carbocycles. The van der Waals surface area contributed by atoms with Gasteiger partial charge >= 0.3 is 6.09 Å². The first-order valence-corrected chi connectivity index (χ1v) is 6.27. The maximum Gasteiger partial charge on any atom is 0.416 e. The van der Waals surface area contributed by atoms with Crippen LogP contribution in [-0.4, -0.2) is 36.3 Å². The molecule has 0 aliphatic heterocycles. The van der Waals surface area contributed by atoms with Crippen LogP contribution in [0.1, 0.15) is 29.8 Å². The first-order chi connectivity index (χ1) is 9.65. The lowest BCUT2D eigenvalue weighted by atomic mass is 10.1. The zero-order valence-electron chi connectivity index (χ0n) is 11.5. The summed E-state index contributed by atoms with van der Waals surface area (Å²) in [5.74, 6) is -0.461. The molecule has 20 heavy (non-hydrogen) atoms. The number of imide groups is 1. The number of carbonyl (C=O) groups excluding carboxylic acids is 3. The van der Waals surface area contributed by atoms with Crippen molar-refractivity contribution in [2.45, 2.75) is 13.8 Å². The number of amides is 2. The van der Waals surface area contributed by atoms with Crippen LogP contribution in [0, 0.1) is 0 Å². The van der Waals surface area contributed by atoms with E-state index in [1.54, 1.807) is 44.4 Å². The van der Waals surface area contributed by atoms with Gasteiger partial charge in [-0.15, -0.1) is 0 Å². The Morgan fingerprint density at radius 1 is 1.30 bits per heavy atom. The Hall–Kier alpha value is -2.43. The van der Waals surface area contributed by atoms with E-state index in [-0.39, 0.29) is 13.2 Å². The maximum atomic E-state index is 12.4. The molecule has 0 saturated heterocycles. The molecule has 0 N–H and O–H groups in total. The molecule has 0 unspecified atom stereocenters. The molecule has 5 nitrogen and oxygen atoms in total. The second kappa shape index (κ2) is 7.89. The number of rotatable bonds is 5. The summed E-state index contributed by atoms with van der Waals surface area (Å²) in [7, 11) is 0. The van der Waals surface area contributed by atoms with Gasteiger partial charge in [0.25, 0.3) is 5.91 Å². The number of carbonyl (C=O) groups is 2. The Bertz CT molecular complexity index is 522. The maximum absolute atomic E-state index is 12.4. The molecule has 0 atom stereocenters. The number of allylic oxidation sites excluding steroid dienone is 1. The van der Waals surface area contributed by atoms with E-state index in [1.165, 1.54) is 12.2 Å². The van der Waals surface area contributed by atoms with Gasteiger partial charge in [0.05, 0.1) is 6.61 Å². The molecule has 0 heterocycles. The van der Waals surface area contributed by atoms with Crippen LogP contribution in [0.15, 0.2) is 30.3 Å². The fourth-order valence-corrected chi connectivity index (χ4v) is 1.66. The summed E-state index contributed by atoms with van der Waals surface area (Å²) in [5.41, 5.74) is 0.873. The van der Waals surface area contributed by atoms with Crippen molar-refractivity contribution in [1.82, 2.24) is 4.90 Å². The molecular weight excluding hydrogens is 258 g/mol. The van der Waals surface area contributed by atoms with Crippen LogP contribution in [0.4, 0.5) is 4.79 Å². The van der Waals surface area contributed by atoms with Crippen LogP contribution in [0.5, 0.6) is 0 Å². The van der Waals surface area contributed by atoms with Gasteiger partial charge in [0.2, 0.25) is 6.29 Å². The lowest BCUT2D eigenvalue weighted by Crippen LogP contribution is -2.37. The van der Waals surface area contributed by atoms with E-state index in [1.807, 2.05) is 0 Å². The van der Waals surface area contributed by atoms with Crippen LogP contribution in [0.2, 0.25) is 0 Å². The van der Waals surface area contributed by atoms with Crippen molar-refractivity contribution < 1.29 is 19.1 Å². The monoisotopic (exact) mass is 274 g/mol. The molecule has 1 aromatic carbocycles. The van der Waals surface area contributed by atoms with Crippen LogP contribution in [-0.2, 0) is 9.53 Å². The van der Waals surface area contributed by atoms with Gasteiger partial charge in [-0.25, -0.2) is 9.69 Å². The number of hydrogen-bond acceptors (Lipinski definition) is 4. The second-order valence-corrected chi connectivity index (χ2v) is 3.79. The third kappa shape index (κ3) is 3.78. The van der Waals surface area contributed by atoms with Gasteiger partial charge in [-0.05, 0) is 31.6 Å². The highest BCUT2D eigenvalue weighted by Gasteiger charge is 2.23. The SMILES string of the molecule is CCOC(=O)N(CC)C(=O)c1ccccc1/C=C/[C]=O. The molecular formula is C15H16NO4. The van der Waals surface area contributed by atoms with Gasteiger partial charge < -0.3 is 4.74 Å². The third-order valence-corrected chi connectivity index (χ3v) is 2.57. The van der Waals surface area contributed by atoms with Crippen LogP contribution in [0.3, 0.4) is 0 Å². The summed E-state index contributed by atoms with van der Waals surface area (Å²) in [6, 6.07) is 6.70. The third-order valence-electron chi connectivity index (χ3n) is 2.57. The van der Waals surface area contributed by atoms with E-state index in [0.29, 0.717) is 11.1 Å². The molecule has 5 heteroatoms. The van der Waals surface area contributed by atoms with Gasteiger partial charge in [-0.2, -0.15) is 0 Å². The highest BCUT2D eigenvalue weighted by molar-refractivity contribution is 6.05. The molecule has 105 valence electrons. The highest BCUT2D eigenvalue weighted by Crippen LogP contribution is 2.14. The second-order valence-electron chi connectivity index (χ2n) is 3.79. The largest absolute Gasteiger partial charge is 0.449 e. The predicted octanol–water partition coefficient (Wildman–Crippen LogP) is 2.43. The van der Waals surface area contributed by atoms with Crippen molar-refractivity contribution in [3.8, 4) is 0 Å². The molecule has 0 aliphatic rings. The minimum absolute atomic E-state index is 0.199. The zero-order chi connectivity index (χ0) is 15.0. The van der Waals surface area contributed by atoms with E-state index in [9.17, 15) is 14.4 Å². The van der Waals surface area contributed by atoms with Crippen LogP contribution >= 0.6 is 0 Å². The Morgan fingerprint density at radius 2 is 2.00 bits per heavy atom. The number of benzene rings is 1. The van der Waals surface area contributed by atoms with Crippen LogP contribution < -0.4 is 0 Å². The Labute approximate surface area is 117 Å². The molecule has 0 bridgehead atoms. The zero-order valence-corrected chi connectivity index (χ0v) is 11.5. The van der Waals surface area contributed by atoms with Gasteiger partial charge in [-0.3, -0.25) is 9.59 Å². The van der Waals surface area contributed by atoms with Gasteiger partial charge in [0.15, 0.2) is 0 Å².